The van der Waals surface area contributed by atoms with E-state index in [0.717, 1.165) is 41.4 Å². The maximum absolute atomic E-state index is 5.96. The molecule has 0 spiro atoms. The van der Waals surface area contributed by atoms with Gasteiger partial charge >= 0.3 is 0 Å². The highest BCUT2D eigenvalue weighted by molar-refractivity contribution is 5.79. The number of nitrogens with zero attached hydrogens (tertiary/aromatic N) is 5. The first-order chi connectivity index (χ1) is 13.1. The Morgan fingerprint density at radius 3 is 2.74 bits per heavy atom. The molecule has 0 aliphatic carbocycles. The second kappa shape index (κ2) is 7.56. The number of hydrogen-bond donors (Lipinski definition) is 0. The maximum atomic E-state index is 5.96. The number of hydrogen-bond acceptors (Lipinski definition) is 5. The second-order valence-electron chi connectivity index (χ2n) is 7.29. The van der Waals surface area contributed by atoms with E-state index in [9.17, 15) is 0 Å². The van der Waals surface area contributed by atoms with Crippen LogP contribution in [0.3, 0.4) is 0 Å². The van der Waals surface area contributed by atoms with Gasteiger partial charge in [-0.3, -0.25) is 4.90 Å². The van der Waals surface area contributed by atoms with Gasteiger partial charge in [0.2, 0.25) is 0 Å². The lowest BCUT2D eigenvalue weighted by molar-refractivity contribution is 0.237. The number of ether oxygens (including phenoxy) is 1. The van der Waals surface area contributed by atoms with Crippen molar-refractivity contribution in [2.24, 2.45) is 7.05 Å². The Morgan fingerprint density at radius 1 is 1.15 bits per heavy atom. The number of fused-ring (bicyclic) bond motifs is 1. The fraction of sp³-hybridized carbons (Fsp3) is 0.429. The van der Waals surface area contributed by atoms with Gasteiger partial charge in [-0.05, 0) is 56.6 Å². The summed E-state index contributed by atoms with van der Waals surface area (Å²) in [7, 11) is 4.04. The Labute approximate surface area is 160 Å². The summed E-state index contributed by atoms with van der Waals surface area (Å²) in [5.74, 6) is 1.83. The van der Waals surface area contributed by atoms with Crippen molar-refractivity contribution in [1.82, 2.24) is 19.4 Å². The smallest absolute Gasteiger partial charge is 0.134 e. The topological polar surface area (TPSA) is 46.4 Å². The van der Waals surface area contributed by atoms with E-state index in [4.69, 9.17) is 4.74 Å². The third kappa shape index (κ3) is 3.76. The average molecular weight is 365 g/mol. The van der Waals surface area contributed by atoms with Gasteiger partial charge in [-0.25, -0.2) is 9.97 Å². The van der Waals surface area contributed by atoms with E-state index >= 15 is 0 Å². The highest BCUT2D eigenvalue weighted by Crippen LogP contribution is 2.29. The number of rotatable bonds is 6. The third-order valence-corrected chi connectivity index (χ3v) is 5.35. The zero-order valence-electron chi connectivity index (χ0n) is 16.4. The van der Waals surface area contributed by atoms with Gasteiger partial charge in [-0.15, -0.1) is 0 Å². The molecule has 1 aromatic carbocycles. The van der Waals surface area contributed by atoms with Crippen LogP contribution in [0.5, 0.6) is 5.75 Å². The molecule has 0 radical (unpaired) electrons. The van der Waals surface area contributed by atoms with Crippen LogP contribution in [-0.2, 0) is 7.05 Å². The van der Waals surface area contributed by atoms with Crippen molar-refractivity contribution in [1.29, 1.82) is 0 Å². The van der Waals surface area contributed by atoms with Gasteiger partial charge in [0.05, 0.1) is 18.0 Å². The fourth-order valence-corrected chi connectivity index (χ4v) is 3.72. The third-order valence-electron chi connectivity index (χ3n) is 5.35. The van der Waals surface area contributed by atoms with Gasteiger partial charge in [0.15, 0.2) is 0 Å². The summed E-state index contributed by atoms with van der Waals surface area (Å²) < 4.78 is 7.98. The van der Waals surface area contributed by atoms with Crippen molar-refractivity contribution in [3.8, 4) is 5.75 Å². The highest BCUT2D eigenvalue weighted by Gasteiger charge is 2.13. The van der Waals surface area contributed by atoms with Gasteiger partial charge in [-0.2, -0.15) is 0 Å². The molecule has 0 N–H and O–H groups in total. The molecule has 0 amide bonds. The summed E-state index contributed by atoms with van der Waals surface area (Å²) >= 11 is 0. The molecule has 0 saturated carbocycles. The first-order valence-electron chi connectivity index (χ1n) is 9.58. The molecule has 3 heterocycles. The van der Waals surface area contributed by atoms with Gasteiger partial charge in [0.1, 0.15) is 23.7 Å². The van der Waals surface area contributed by atoms with Crippen LogP contribution in [0.1, 0.15) is 18.4 Å². The lowest BCUT2D eigenvalue weighted by atomic mass is 10.1. The molecule has 27 heavy (non-hydrogen) atoms. The normalized spacial score (nSPS) is 14.8. The molecule has 4 rings (SSSR count). The zero-order chi connectivity index (χ0) is 18.8. The maximum Gasteiger partial charge on any atom is 0.134 e. The van der Waals surface area contributed by atoms with Crippen molar-refractivity contribution >= 4 is 22.5 Å². The summed E-state index contributed by atoms with van der Waals surface area (Å²) in [5, 5.41) is 0. The van der Waals surface area contributed by atoms with E-state index in [1.165, 1.54) is 31.5 Å². The van der Waals surface area contributed by atoms with E-state index in [-0.39, 0.29) is 0 Å². The van der Waals surface area contributed by atoms with Crippen LogP contribution >= 0.6 is 0 Å². The first kappa shape index (κ1) is 17.8. The van der Waals surface area contributed by atoms with Crippen molar-refractivity contribution in [2.45, 2.75) is 19.8 Å². The second-order valence-corrected chi connectivity index (χ2v) is 7.29. The molecule has 0 bridgehead atoms. The van der Waals surface area contributed by atoms with E-state index < -0.39 is 0 Å². The number of imidazole rings is 1. The molecule has 0 unspecified atom stereocenters. The van der Waals surface area contributed by atoms with Gasteiger partial charge < -0.3 is 14.2 Å². The molecular formula is C21H27N5O. The molecule has 1 fully saturated rings. The fourth-order valence-electron chi connectivity index (χ4n) is 3.72. The number of pyridine rings is 1. The van der Waals surface area contributed by atoms with Crippen LogP contribution in [0.25, 0.3) is 11.0 Å². The van der Waals surface area contributed by atoms with Crippen LogP contribution in [0.4, 0.5) is 11.5 Å². The summed E-state index contributed by atoms with van der Waals surface area (Å²) in [6, 6.07) is 8.34. The average Bonchev–Trinajstić information content (AvgIpc) is 3.31. The Kier molecular flexibility index (Phi) is 4.99. The molecular weight excluding hydrogens is 338 g/mol. The molecule has 1 aliphatic rings. The minimum Gasteiger partial charge on any atom is -0.492 e. The standard InChI is InChI=1S/C21H27N5O/c1-16-12-17(27-11-10-26-8-4-5-9-26)6-7-19(16)25(3)21-13-20-18(14-22-21)23-15-24(20)2/h6-7,12-15H,4-5,8-11H2,1-3H3. The van der Waals surface area contributed by atoms with Crippen LogP contribution in [0, 0.1) is 6.92 Å². The predicted molar refractivity (Wildman–Crippen MR) is 109 cm³/mol. The largest absolute Gasteiger partial charge is 0.492 e. The molecule has 0 atom stereocenters. The van der Waals surface area contributed by atoms with Crippen LogP contribution in [-0.4, -0.2) is 52.7 Å². The Bertz CT molecular complexity index is 929. The molecule has 1 aliphatic heterocycles. The summed E-state index contributed by atoms with van der Waals surface area (Å²) in [6.07, 6.45) is 6.28. The van der Waals surface area contributed by atoms with Crippen molar-refractivity contribution < 1.29 is 4.74 Å². The Morgan fingerprint density at radius 2 is 1.96 bits per heavy atom. The molecule has 6 heteroatoms. The number of likely N-dealkylation sites (tertiary alicyclic amines) is 1. The number of aryl methyl sites for hydroxylation is 2. The van der Waals surface area contributed by atoms with E-state index in [0.29, 0.717) is 0 Å². The summed E-state index contributed by atoms with van der Waals surface area (Å²) in [5.41, 5.74) is 4.28. The zero-order valence-corrected chi connectivity index (χ0v) is 16.4. The van der Waals surface area contributed by atoms with Gasteiger partial charge in [-0.1, -0.05) is 0 Å². The number of anilines is 2. The summed E-state index contributed by atoms with van der Waals surface area (Å²) in [4.78, 5) is 13.5. The lowest BCUT2D eigenvalue weighted by Gasteiger charge is -2.21. The van der Waals surface area contributed by atoms with Gasteiger partial charge in [0, 0.05) is 32.4 Å². The minimum atomic E-state index is 0.743. The molecule has 1 saturated heterocycles. The van der Waals surface area contributed by atoms with Crippen LogP contribution < -0.4 is 9.64 Å². The SMILES string of the molecule is Cc1cc(OCCN2CCCC2)ccc1N(C)c1cc2c(cn1)ncn2C. The monoisotopic (exact) mass is 365 g/mol. The molecule has 2 aromatic heterocycles. The Hall–Kier alpha value is -2.60. The van der Waals surface area contributed by atoms with E-state index in [1.54, 1.807) is 0 Å². The van der Waals surface area contributed by atoms with Crippen molar-refractivity contribution in [3.05, 3.63) is 42.4 Å². The van der Waals surface area contributed by atoms with Crippen molar-refractivity contribution in [2.75, 3.05) is 38.2 Å². The molecule has 3 aromatic rings. The van der Waals surface area contributed by atoms with E-state index in [2.05, 4.69) is 44.9 Å². The summed E-state index contributed by atoms with van der Waals surface area (Å²) in [6.45, 7) is 6.28. The van der Waals surface area contributed by atoms with E-state index in [1.807, 2.05) is 37.3 Å². The van der Waals surface area contributed by atoms with Crippen LogP contribution in [0.2, 0.25) is 0 Å². The minimum absolute atomic E-state index is 0.743. The number of aromatic nitrogens is 3. The Balaban J connectivity index is 1.46. The first-order valence-corrected chi connectivity index (χ1v) is 9.58. The van der Waals surface area contributed by atoms with Gasteiger partial charge in [0.25, 0.3) is 0 Å². The van der Waals surface area contributed by atoms with Crippen molar-refractivity contribution in [3.63, 3.8) is 0 Å². The predicted octanol–water partition coefficient (Wildman–Crippen LogP) is 3.52. The molecule has 142 valence electrons. The number of benzene rings is 1. The van der Waals surface area contributed by atoms with Crippen LogP contribution in [0.15, 0.2) is 36.8 Å². The quantitative estimate of drug-likeness (QED) is 0.669. The highest BCUT2D eigenvalue weighted by atomic mass is 16.5. The lowest BCUT2D eigenvalue weighted by Crippen LogP contribution is -2.25. The molecule has 6 nitrogen and oxygen atoms in total.